The van der Waals surface area contributed by atoms with Crippen LogP contribution in [0.15, 0.2) is 27.2 Å². The maximum atomic E-state index is 5.29. The lowest BCUT2D eigenvalue weighted by Crippen LogP contribution is -2.04. The van der Waals surface area contributed by atoms with E-state index >= 15 is 0 Å². The normalized spacial score (nSPS) is 10.5. The Labute approximate surface area is 74.8 Å². The summed E-state index contributed by atoms with van der Waals surface area (Å²) in [4.78, 5) is 0. The van der Waals surface area contributed by atoms with Crippen LogP contribution in [0.3, 0.4) is 0 Å². The maximum Gasteiger partial charge on any atom is 0.283 e. The summed E-state index contributed by atoms with van der Waals surface area (Å²) >= 11 is 0. The number of rotatable bonds is 3. The van der Waals surface area contributed by atoms with Gasteiger partial charge in [0, 0.05) is 0 Å². The van der Waals surface area contributed by atoms with Crippen molar-refractivity contribution in [1.82, 2.24) is 15.5 Å². The van der Waals surface area contributed by atoms with Crippen LogP contribution in [-0.4, -0.2) is 17.2 Å². The Morgan fingerprint density at radius 2 is 2.38 bits per heavy atom. The maximum absolute atomic E-state index is 5.29. The molecule has 0 amide bonds. The van der Waals surface area contributed by atoms with Crippen LogP contribution in [0.2, 0.25) is 0 Å². The van der Waals surface area contributed by atoms with Crippen LogP contribution in [0.4, 0.5) is 0 Å². The SMILES string of the molecule is CNCc1nnc(-c2ccco2)o1. The predicted molar refractivity (Wildman–Crippen MR) is 44.8 cm³/mol. The number of hydrogen-bond donors (Lipinski definition) is 1. The molecule has 0 aliphatic rings. The Hall–Kier alpha value is -1.62. The van der Waals surface area contributed by atoms with E-state index in [4.69, 9.17) is 8.83 Å². The van der Waals surface area contributed by atoms with E-state index in [9.17, 15) is 0 Å². The van der Waals surface area contributed by atoms with Crippen molar-refractivity contribution in [3.8, 4) is 11.7 Å². The average Bonchev–Trinajstić information content (AvgIpc) is 2.70. The van der Waals surface area contributed by atoms with E-state index in [-0.39, 0.29) is 0 Å². The third-order valence-electron chi connectivity index (χ3n) is 1.53. The van der Waals surface area contributed by atoms with E-state index in [0.717, 1.165) is 0 Å². The molecule has 2 aromatic heterocycles. The molecule has 0 saturated carbocycles. The summed E-state index contributed by atoms with van der Waals surface area (Å²) in [6, 6.07) is 3.55. The van der Waals surface area contributed by atoms with Crippen LogP contribution in [0.5, 0.6) is 0 Å². The van der Waals surface area contributed by atoms with Crippen LogP contribution in [0, 0.1) is 0 Å². The Balaban J connectivity index is 2.23. The fraction of sp³-hybridized carbons (Fsp3) is 0.250. The molecule has 0 aliphatic heterocycles. The topological polar surface area (TPSA) is 64.1 Å². The minimum absolute atomic E-state index is 0.412. The summed E-state index contributed by atoms with van der Waals surface area (Å²) in [5.41, 5.74) is 0. The monoisotopic (exact) mass is 179 g/mol. The average molecular weight is 179 g/mol. The zero-order chi connectivity index (χ0) is 9.10. The van der Waals surface area contributed by atoms with Crippen molar-refractivity contribution < 1.29 is 8.83 Å². The Morgan fingerprint density at radius 3 is 3.08 bits per heavy atom. The molecule has 13 heavy (non-hydrogen) atoms. The summed E-state index contributed by atoms with van der Waals surface area (Å²) in [6.45, 7) is 0.563. The first-order valence-corrected chi connectivity index (χ1v) is 3.91. The second-order valence-electron chi connectivity index (χ2n) is 2.51. The van der Waals surface area contributed by atoms with Crippen LogP contribution in [-0.2, 0) is 6.54 Å². The molecular formula is C8H9N3O2. The Bertz CT molecular complexity index is 366. The third kappa shape index (κ3) is 1.59. The largest absolute Gasteiger partial charge is 0.459 e. The molecule has 0 bridgehead atoms. The van der Waals surface area contributed by atoms with Crippen molar-refractivity contribution in [1.29, 1.82) is 0 Å². The second kappa shape index (κ2) is 3.40. The zero-order valence-electron chi connectivity index (χ0n) is 7.15. The van der Waals surface area contributed by atoms with E-state index in [1.165, 1.54) is 0 Å². The number of hydrogen-bond acceptors (Lipinski definition) is 5. The number of aromatic nitrogens is 2. The number of furan rings is 1. The highest BCUT2D eigenvalue weighted by molar-refractivity contribution is 5.42. The summed E-state index contributed by atoms with van der Waals surface area (Å²) in [7, 11) is 1.82. The standard InChI is InChI=1S/C8H9N3O2/c1-9-5-7-10-11-8(13-7)6-3-2-4-12-6/h2-4,9H,5H2,1H3. The van der Waals surface area contributed by atoms with Gasteiger partial charge in [0.05, 0.1) is 12.8 Å². The number of nitrogens with zero attached hydrogens (tertiary/aromatic N) is 2. The van der Waals surface area contributed by atoms with Gasteiger partial charge >= 0.3 is 0 Å². The summed E-state index contributed by atoms with van der Waals surface area (Å²) < 4.78 is 10.4. The first kappa shape index (κ1) is 8.00. The lowest BCUT2D eigenvalue weighted by Gasteiger charge is -1.88. The Kier molecular flexibility index (Phi) is 2.09. The van der Waals surface area contributed by atoms with Gasteiger partial charge < -0.3 is 14.2 Å². The Morgan fingerprint density at radius 1 is 1.46 bits per heavy atom. The second-order valence-corrected chi connectivity index (χ2v) is 2.51. The van der Waals surface area contributed by atoms with E-state index in [2.05, 4.69) is 15.5 Å². The predicted octanol–water partition coefficient (Wildman–Crippen LogP) is 1.05. The van der Waals surface area contributed by atoms with E-state index in [1.807, 2.05) is 7.05 Å². The van der Waals surface area contributed by atoms with Gasteiger partial charge in [-0.3, -0.25) is 0 Å². The molecule has 2 rings (SSSR count). The van der Waals surface area contributed by atoms with Crippen LogP contribution in [0.25, 0.3) is 11.7 Å². The van der Waals surface area contributed by atoms with Crippen LogP contribution in [0.1, 0.15) is 5.89 Å². The van der Waals surface area contributed by atoms with Gasteiger partial charge in [-0.05, 0) is 19.2 Å². The summed E-state index contributed by atoms with van der Waals surface area (Å²) in [5, 5.41) is 10.6. The molecule has 0 saturated heterocycles. The molecule has 1 N–H and O–H groups in total. The van der Waals surface area contributed by atoms with Gasteiger partial charge in [0.1, 0.15) is 0 Å². The molecular weight excluding hydrogens is 170 g/mol. The molecule has 5 heteroatoms. The van der Waals surface area contributed by atoms with Gasteiger partial charge in [0.25, 0.3) is 5.89 Å². The molecule has 2 aromatic rings. The molecule has 0 atom stereocenters. The van der Waals surface area contributed by atoms with Gasteiger partial charge in [-0.2, -0.15) is 0 Å². The number of nitrogens with one attached hydrogen (secondary N) is 1. The molecule has 0 fully saturated rings. The van der Waals surface area contributed by atoms with Gasteiger partial charge in [0.2, 0.25) is 5.89 Å². The minimum Gasteiger partial charge on any atom is -0.459 e. The van der Waals surface area contributed by atoms with Crippen molar-refractivity contribution in [3.05, 3.63) is 24.3 Å². The summed E-state index contributed by atoms with van der Waals surface area (Å²) in [5.74, 6) is 1.55. The van der Waals surface area contributed by atoms with E-state index < -0.39 is 0 Å². The van der Waals surface area contributed by atoms with Crippen LogP contribution >= 0.6 is 0 Å². The highest BCUT2D eigenvalue weighted by Gasteiger charge is 2.09. The molecule has 0 aliphatic carbocycles. The fourth-order valence-electron chi connectivity index (χ4n) is 0.976. The van der Waals surface area contributed by atoms with Gasteiger partial charge in [-0.25, -0.2) is 0 Å². The van der Waals surface area contributed by atoms with E-state index in [1.54, 1.807) is 18.4 Å². The highest BCUT2D eigenvalue weighted by atomic mass is 16.4. The van der Waals surface area contributed by atoms with Crippen molar-refractivity contribution in [2.75, 3.05) is 7.05 Å². The molecule has 0 spiro atoms. The molecule has 2 heterocycles. The molecule has 0 aromatic carbocycles. The van der Waals surface area contributed by atoms with Crippen molar-refractivity contribution in [2.45, 2.75) is 6.54 Å². The first-order chi connectivity index (χ1) is 6.40. The van der Waals surface area contributed by atoms with Gasteiger partial charge in [-0.15, -0.1) is 10.2 Å². The highest BCUT2D eigenvalue weighted by Crippen LogP contribution is 2.17. The fourth-order valence-corrected chi connectivity index (χ4v) is 0.976. The van der Waals surface area contributed by atoms with Crippen LogP contribution < -0.4 is 5.32 Å². The van der Waals surface area contributed by atoms with Crippen molar-refractivity contribution in [3.63, 3.8) is 0 Å². The minimum atomic E-state index is 0.412. The summed E-state index contributed by atoms with van der Waals surface area (Å²) in [6.07, 6.45) is 1.57. The van der Waals surface area contributed by atoms with Crippen molar-refractivity contribution >= 4 is 0 Å². The smallest absolute Gasteiger partial charge is 0.283 e. The van der Waals surface area contributed by atoms with Gasteiger partial charge in [0.15, 0.2) is 5.76 Å². The molecule has 0 radical (unpaired) electrons. The first-order valence-electron chi connectivity index (χ1n) is 3.91. The quantitative estimate of drug-likeness (QED) is 0.762. The molecule has 68 valence electrons. The lowest BCUT2D eigenvalue weighted by molar-refractivity contribution is 0.469. The van der Waals surface area contributed by atoms with Crippen molar-refractivity contribution in [2.24, 2.45) is 0 Å². The van der Waals surface area contributed by atoms with Gasteiger partial charge in [-0.1, -0.05) is 0 Å². The lowest BCUT2D eigenvalue weighted by atomic mass is 10.5. The zero-order valence-corrected chi connectivity index (χ0v) is 7.15. The third-order valence-corrected chi connectivity index (χ3v) is 1.53. The molecule has 0 unspecified atom stereocenters. The van der Waals surface area contributed by atoms with E-state index in [0.29, 0.717) is 24.1 Å². The molecule has 5 nitrogen and oxygen atoms in total.